The minimum Gasteiger partial charge on any atom is -0.370 e. The van der Waals surface area contributed by atoms with E-state index < -0.39 is 11.7 Å². The van der Waals surface area contributed by atoms with Gasteiger partial charge in [-0.05, 0) is 29.0 Å². The highest BCUT2D eigenvalue weighted by molar-refractivity contribution is 6.33. The van der Waals surface area contributed by atoms with E-state index >= 15 is 0 Å². The molecule has 0 saturated carbocycles. The van der Waals surface area contributed by atoms with Gasteiger partial charge >= 0.3 is 0 Å². The molecule has 0 aliphatic carbocycles. The highest BCUT2D eigenvalue weighted by Gasteiger charge is 2.12. The molecule has 0 fully saturated rings. The van der Waals surface area contributed by atoms with Crippen LogP contribution in [0, 0.1) is 5.82 Å². The lowest BCUT2D eigenvalue weighted by Gasteiger charge is -2.09. The zero-order chi connectivity index (χ0) is 17.3. The monoisotopic (exact) mass is 342 g/mol. The van der Waals surface area contributed by atoms with Crippen molar-refractivity contribution in [1.82, 2.24) is 4.98 Å². The van der Waals surface area contributed by atoms with Crippen molar-refractivity contribution in [2.45, 2.75) is 0 Å². The summed E-state index contributed by atoms with van der Waals surface area (Å²) >= 11 is 6.11. The fraction of sp³-hybridized carbons (Fsp3) is 0. The summed E-state index contributed by atoms with van der Waals surface area (Å²) in [6.45, 7) is 0. The summed E-state index contributed by atoms with van der Waals surface area (Å²) in [6.07, 6.45) is 1.09. The highest BCUT2D eigenvalue weighted by Crippen LogP contribution is 2.32. The molecule has 5 nitrogen and oxygen atoms in total. The Morgan fingerprint density at radius 2 is 1.96 bits per heavy atom. The van der Waals surface area contributed by atoms with Crippen molar-refractivity contribution in [2.75, 3.05) is 0 Å². The molecular weight excluding hydrogens is 331 g/mol. The van der Waals surface area contributed by atoms with Gasteiger partial charge in [-0.15, -0.1) is 0 Å². The summed E-state index contributed by atoms with van der Waals surface area (Å²) in [4.78, 5) is 19.6. The Labute approximate surface area is 141 Å². The smallest absolute Gasteiger partial charge is 0.280 e. The Hall–Kier alpha value is -2.99. The molecule has 1 heterocycles. The van der Waals surface area contributed by atoms with Crippen LogP contribution in [0.2, 0.25) is 5.02 Å². The maximum absolute atomic E-state index is 13.2. The van der Waals surface area contributed by atoms with Crippen LogP contribution in [-0.4, -0.2) is 16.9 Å². The lowest BCUT2D eigenvalue weighted by atomic mass is 9.99. The molecule has 0 saturated heterocycles. The minimum absolute atomic E-state index is 0.184. The number of aliphatic imine (C=N–C) groups is 1. The number of halogens is 2. The molecule has 7 heteroatoms. The van der Waals surface area contributed by atoms with E-state index in [4.69, 9.17) is 23.1 Å². The molecule has 3 aromatic rings. The third-order valence-electron chi connectivity index (χ3n) is 3.42. The quantitative estimate of drug-likeness (QED) is 0.552. The molecule has 3 rings (SSSR count). The predicted molar refractivity (Wildman–Crippen MR) is 92.3 cm³/mol. The molecule has 0 unspecified atom stereocenters. The van der Waals surface area contributed by atoms with Crippen LogP contribution in [0.5, 0.6) is 0 Å². The van der Waals surface area contributed by atoms with E-state index in [1.807, 2.05) is 12.1 Å². The first-order valence-corrected chi connectivity index (χ1v) is 7.31. The largest absolute Gasteiger partial charge is 0.370 e. The number of carbonyl (C=O) groups is 1. The molecule has 0 spiro atoms. The molecule has 0 aliphatic heterocycles. The lowest BCUT2D eigenvalue weighted by Crippen LogP contribution is -2.24. The molecule has 0 atom stereocenters. The maximum Gasteiger partial charge on any atom is 0.280 e. The van der Waals surface area contributed by atoms with Gasteiger partial charge in [0.2, 0.25) is 0 Å². The van der Waals surface area contributed by atoms with Crippen molar-refractivity contribution in [1.29, 1.82) is 0 Å². The molecule has 1 amide bonds. The average Bonchev–Trinajstić information content (AvgIpc) is 2.53. The van der Waals surface area contributed by atoms with E-state index in [9.17, 15) is 9.18 Å². The van der Waals surface area contributed by atoms with Crippen molar-refractivity contribution in [2.24, 2.45) is 16.5 Å². The van der Waals surface area contributed by atoms with Crippen LogP contribution in [0.15, 0.2) is 53.7 Å². The number of aromatic nitrogens is 1. The van der Waals surface area contributed by atoms with Gasteiger partial charge in [0.05, 0.1) is 16.9 Å². The number of nitrogens with two attached hydrogens (primary N) is 2. The number of fused-ring (bicyclic) bond motifs is 1. The molecular formula is C17H12ClFN4O. The van der Waals surface area contributed by atoms with Crippen LogP contribution in [0.25, 0.3) is 22.0 Å². The van der Waals surface area contributed by atoms with E-state index in [0.29, 0.717) is 16.8 Å². The number of hydrogen-bond acceptors (Lipinski definition) is 2. The summed E-state index contributed by atoms with van der Waals surface area (Å²) < 4.78 is 13.2. The molecule has 24 heavy (non-hydrogen) atoms. The van der Waals surface area contributed by atoms with E-state index in [-0.39, 0.29) is 11.0 Å². The van der Waals surface area contributed by atoms with E-state index in [0.717, 1.165) is 17.0 Å². The standard InChI is InChI=1S/C17H12ClFN4O/c18-14-7-11(19)8-22-15(14)12-3-1-2-9-4-5-10(6-13(9)12)16(24)23-17(20)21/h1-8H,(H4,20,21,23,24). The second kappa shape index (κ2) is 6.25. The molecule has 1 aromatic heterocycles. The van der Waals surface area contributed by atoms with Gasteiger partial charge in [-0.1, -0.05) is 35.9 Å². The van der Waals surface area contributed by atoms with Gasteiger partial charge in [-0.25, -0.2) is 4.39 Å². The first-order chi connectivity index (χ1) is 11.5. The summed E-state index contributed by atoms with van der Waals surface area (Å²) in [5.74, 6) is -1.38. The van der Waals surface area contributed by atoms with E-state index in [1.165, 1.54) is 6.07 Å². The van der Waals surface area contributed by atoms with Crippen LogP contribution in [0.3, 0.4) is 0 Å². The SMILES string of the molecule is NC(N)=NC(=O)c1ccc2cccc(-c3ncc(F)cc3Cl)c2c1. The van der Waals surface area contributed by atoms with Crippen molar-refractivity contribution >= 4 is 34.2 Å². The van der Waals surface area contributed by atoms with Crippen LogP contribution in [-0.2, 0) is 0 Å². The number of guanidine groups is 1. The van der Waals surface area contributed by atoms with Crippen LogP contribution >= 0.6 is 11.6 Å². The third-order valence-corrected chi connectivity index (χ3v) is 3.71. The van der Waals surface area contributed by atoms with Gasteiger partial charge in [0.15, 0.2) is 5.96 Å². The van der Waals surface area contributed by atoms with E-state index in [2.05, 4.69) is 9.98 Å². The number of nitrogens with zero attached hydrogens (tertiary/aromatic N) is 2. The number of pyridine rings is 1. The fourth-order valence-corrected chi connectivity index (χ4v) is 2.66. The molecule has 0 radical (unpaired) electrons. The Kier molecular flexibility index (Phi) is 4.14. The fourth-order valence-electron chi connectivity index (χ4n) is 2.41. The average molecular weight is 343 g/mol. The molecule has 120 valence electrons. The number of amides is 1. The van der Waals surface area contributed by atoms with Gasteiger partial charge in [-0.2, -0.15) is 4.99 Å². The summed E-state index contributed by atoms with van der Waals surface area (Å²) in [7, 11) is 0. The topological polar surface area (TPSA) is 94.4 Å². The minimum atomic E-state index is -0.551. The molecule has 0 bridgehead atoms. The second-order valence-electron chi connectivity index (χ2n) is 5.07. The van der Waals surface area contributed by atoms with Crippen molar-refractivity contribution in [3.05, 3.63) is 65.1 Å². The summed E-state index contributed by atoms with van der Waals surface area (Å²) in [6, 6.07) is 11.7. The Bertz CT molecular complexity index is 983. The third kappa shape index (κ3) is 3.04. The van der Waals surface area contributed by atoms with Crippen molar-refractivity contribution in [3.63, 3.8) is 0 Å². The van der Waals surface area contributed by atoms with Crippen molar-refractivity contribution in [3.8, 4) is 11.3 Å². The Morgan fingerprint density at radius 1 is 1.17 bits per heavy atom. The van der Waals surface area contributed by atoms with Gasteiger partial charge in [0, 0.05) is 11.1 Å². The molecule has 2 aromatic carbocycles. The normalized spacial score (nSPS) is 10.6. The first-order valence-electron chi connectivity index (χ1n) is 6.94. The lowest BCUT2D eigenvalue weighted by molar-refractivity contribution is 0.100. The molecule has 4 N–H and O–H groups in total. The molecule has 0 aliphatic rings. The van der Waals surface area contributed by atoms with Gasteiger partial charge < -0.3 is 11.5 Å². The summed E-state index contributed by atoms with van der Waals surface area (Å²) in [5.41, 5.74) is 11.9. The number of rotatable bonds is 2. The predicted octanol–water partition coefficient (Wildman–Crippen LogP) is 3.11. The number of hydrogen-bond donors (Lipinski definition) is 2. The highest BCUT2D eigenvalue weighted by atomic mass is 35.5. The Balaban J connectivity index is 2.22. The van der Waals surface area contributed by atoms with E-state index in [1.54, 1.807) is 24.3 Å². The van der Waals surface area contributed by atoms with Gasteiger partial charge in [0.25, 0.3) is 5.91 Å². The number of carbonyl (C=O) groups excluding carboxylic acids is 1. The first kappa shape index (κ1) is 15.9. The summed E-state index contributed by atoms with van der Waals surface area (Å²) in [5, 5.41) is 1.79. The second-order valence-corrected chi connectivity index (χ2v) is 5.47. The van der Waals surface area contributed by atoms with Crippen molar-refractivity contribution < 1.29 is 9.18 Å². The Morgan fingerprint density at radius 3 is 2.67 bits per heavy atom. The van der Waals surface area contributed by atoms with Crippen LogP contribution in [0.1, 0.15) is 10.4 Å². The van der Waals surface area contributed by atoms with Crippen LogP contribution < -0.4 is 11.5 Å². The number of benzene rings is 2. The maximum atomic E-state index is 13.2. The zero-order valence-corrected chi connectivity index (χ0v) is 13.1. The van der Waals surface area contributed by atoms with Gasteiger partial charge in [-0.3, -0.25) is 9.78 Å². The van der Waals surface area contributed by atoms with Gasteiger partial charge in [0.1, 0.15) is 5.82 Å². The zero-order valence-electron chi connectivity index (χ0n) is 12.3. The van der Waals surface area contributed by atoms with Crippen LogP contribution in [0.4, 0.5) is 4.39 Å².